The van der Waals surface area contributed by atoms with Crippen molar-refractivity contribution in [3.8, 4) is 0 Å². The maximum Gasteiger partial charge on any atom is 0.118 e. The van der Waals surface area contributed by atoms with Crippen LogP contribution in [0.2, 0.25) is 0 Å². The topological polar surface area (TPSA) is 28.4 Å². The molecule has 1 N–H and O–H groups in total. The van der Waals surface area contributed by atoms with Crippen LogP contribution in [0.4, 0.5) is 0 Å². The van der Waals surface area contributed by atoms with E-state index < -0.39 is 0 Å². The highest BCUT2D eigenvalue weighted by Crippen LogP contribution is 2.23. The number of halogens is 1. The standard InChI is InChI=1S/C16H21BrN2OS/c1-11-12(7-18-14-3-4-14)5-15(20-11)8-19(2)9-16-6-13(17)10-21-16/h5-6,10,14,18H,3-4,7-9H2,1-2H3. The van der Waals surface area contributed by atoms with Gasteiger partial charge in [-0.25, -0.2) is 0 Å². The van der Waals surface area contributed by atoms with Gasteiger partial charge in [0.05, 0.1) is 6.54 Å². The van der Waals surface area contributed by atoms with Crippen molar-refractivity contribution in [1.82, 2.24) is 10.2 Å². The lowest BCUT2D eigenvalue weighted by Gasteiger charge is -2.13. The van der Waals surface area contributed by atoms with E-state index in [-0.39, 0.29) is 0 Å². The number of rotatable bonds is 7. The number of aryl methyl sites for hydroxylation is 1. The molecule has 1 aliphatic rings. The summed E-state index contributed by atoms with van der Waals surface area (Å²) in [4.78, 5) is 3.65. The second kappa shape index (κ2) is 6.65. The van der Waals surface area contributed by atoms with Gasteiger partial charge in [-0.05, 0) is 54.9 Å². The van der Waals surface area contributed by atoms with E-state index in [1.807, 2.05) is 0 Å². The fourth-order valence-electron chi connectivity index (χ4n) is 2.41. The predicted octanol–water partition coefficient (Wildman–Crippen LogP) is 4.30. The summed E-state index contributed by atoms with van der Waals surface area (Å²) in [6.07, 6.45) is 2.64. The Kier molecular flexibility index (Phi) is 4.84. The molecule has 0 radical (unpaired) electrons. The third-order valence-electron chi connectivity index (χ3n) is 3.70. The van der Waals surface area contributed by atoms with Crippen molar-refractivity contribution < 1.29 is 4.42 Å². The highest BCUT2D eigenvalue weighted by molar-refractivity contribution is 9.10. The molecule has 1 fully saturated rings. The second-order valence-electron chi connectivity index (χ2n) is 5.85. The highest BCUT2D eigenvalue weighted by atomic mass is 79.9. The number of hydrogen-bond donors (Lipinski definition) is 1. The van der Waals surface area contributed by atoms with Gasteiger partial charge >= 0.3 is 0 Å². The van der Waals surface area contributed by atoms with Crippen LogP contribution in [-0.2, 0) is 19.6 Å². The molecule has 3 nitrogen and oxygen atoms in total. The third kappa shape index (κ3) is 4.42. The Morgan fingerprint density at radius 2 is 2.19 bits per heavy atom. The Hall–Kier alpha value is -0.620. The molecule has 21 heavy (non-hydrogen) atoms. The van der Waals surface area contributed by atoms with Crippen molar-refractivity contribution in [3.63, 3.8) is 0 Å². The molecule has 0 aliphatic heterocycles. The average Bonchev–Trinajstić information content (AvgIpc) is 3.07. The van der Waals surface area contributed by atoms with Crippen molar-refractivity contribution in [1.29, 1.82) is 0 Å². The minimum Gasteiger partial charge on any atom is -0.465 e. The van der Waals surface area contributed by atoms with Gasteiger partial charge in [0.2, 0.25) is 0 Å². The molecule has 0 unspecified atom stereocenters. The summed E-state index contributed by atoms with van der Waals surface area (Å²) in [7, 11) is 2.13. The normalized spacial score (nSPS) is 15.0. The Morgan fingerprint density at radius 1 is 1.38 bits per heavy atom. The van der Waals surface area contributed by atoms with Gasteiger partial charge in [0, 0.05) is 39.4 Å². The highest BCUT2D eigenvalue weighted by Gasteiger charge is 2.21. The van der Waals surface area contributed by atoms with Gasteiger partial charge in [-0.1, -0.05) is 0 Å². The zero-order valence-corrected chi connectivity index (χ0v) is 14.9. The van der Waals surface area contributed by atoms with Gasteiger partial charge in [-0.3, -0.25) is 4.90 Å². The first-order chi connectivity index (χ1) is 10.1. The number of nitrogens with zero attached hydrogens (tertiary/aromatic N) is 1. The van der Waals surface area contributed by atoms with Gasteiger partial charge in [-0.15, -0.1) is 11.3 Å². The first-order valence-electron chi connectivity index (χ1n) is 7.33. The summed E-state index contributed by atoms with van der Waals surface area (Å²) in [5, 5.41) is 5.67. The van der Waals surface area contributed by atoms with Crippen LogP contribution in [0.1, 0.15) is 34.8 Å². The molecule has 0 bridgehead atoms. The monoisotopic (exact) mass is 368 g/mol. The fraction of sp³-hybridized carbons (Fsp3) is 0.500. The minimum absolute atomic E-state index is 0.739. The number of nitrogens with one attached hydrogen (secondary N) is 1. The van der Waals surface area contributed by atoms with Gasteiger partial charge in [0.25, 0.3) is 0 Å². The molecule has 3 rings (SSSR count). The molecule has 1 saturated carbocycles. The van der Waals surface area contributed by atoms with Crippen LogP contribution < -0.4 is 5.32 Å². The molecule has 2 heterocycles. The lowest BCUT2D eigenvalue weighted by Crippen LogP contribution is -2.16. The average molecular weight is 369 g/mol. The largest absolute Gasteiger partial charge is 0.465 e. The van der Waals surface area contributed by atoms with Crippen LogP contribution in [0.5, 0.6) is 0 Å². The van der Waals surface area contributed by atoms with E-state index in [9.17, 15) is 0 Å². The van der Waals surface area contributed by atoms with Crippen LogP contribution >= 0.6 is 27.3 Å². The van der Waals surface area contributed by atoms with Crippen LogP contribution in [-0.4, -0.2) is 18.0 Å². The molecule has 114 valence electrons. The van der Waals surface area contributed by atoms with Crippen molar-refractivity contribution in [3.05, 3.63) is 43.9 Å². The molecule has 0 atom stereocenters. The Bertz CT molecular complexity index is 603. The minimum atomic E-state index is 0.739. The molecule has 5 heteroatoms. The summed E-state index contributed by atoms with van der Waals surface area (Å²) in [5.41, 5.74) is 1.30. The SMILES string of the molecule is Cc1oc(CN(C)Cc2cc(Br)cs2)cc1CNC1CC1. The quantitative estimate of drug-likeness (QED) is 0.789. The molecule has 2 aromatic rings. The summed E-state index contributed by atoms with van der Waals surface area (Å²) >= 11 is 5.29. The molecule has 0 spiro atoms. The van der Waals surface area contributed by atoms with E-state index in [1.165, 1.54) is 23.3 Å². The van der Waals surface area contributed by atoms with Gasteiger partial charge in [-0.2, -0.15) is 0 Å². The molecule has 1 aliphatic carbocycles. The first kappa shape index (κ1) is 15.3. The predicted molar refractivity (Wildman–Crippen MR) is 90.5 cm³/mol. The van der Waals surface area contributed by atoms with Crippen LogP contribution in [0.25, 0.3) is 0 Å². The van der Waals surface area contributed by atoms with E-state index in [0.29, 0.717) is 0 Å². The molecule has 2 aromatic heterocycles. The molecule has 0 amide bonds. The van der Waals surface area contributed by atoms with E-state index >= 15 is 0 Å². The van der Waals surface area contributed by atoms with Crippen molar-refractivity contribution in [2.24, 2.45) is 0 Å². The lowest BCUT2D eigenvalue weighted by atomic mass is 10.2. The Morgan fingerprint density at radius 3 is 2.86 bits per heavy atom. The maximum absolute atomic E-state index is 5.89. The smallest absolute Gasteiger partial charge is 0.118 e. The summed E-state index contributed by atoms with van der Waals surface area (Å²) in [5.74, 6) is 2.10. The molecular weight excluding hydrogens is 348 g/mol. The second-order valence-corrected chi connectivity index (χ2v) is 7.76. The summed E-state index contributed by atoms with van der Waals surface area (Å²) in [6.45, 7) is 4.79. The van der Waals surface area contributed by atoms with Crippen molar-refractivity contribution >= 4 is 27.3 Å². The first-order valence-corrected chi connectivity index (χ1v) is 9.00. The number of thiophene rings is 1. The van der Waals surface area contributed by atoms with E-state index in [1.54, 1.807) is 11.3 Å². The van der Waals surface area contributed by atoms with Gasteiger partial charge in [0.1, 0.15) is 11.5 Å². The van der Waals surface area contributed by atoms with Gasteiger partial charge in [0.15, 0.2) is 0 Å². The summed E-state index contributed by atoms with van der Waals surface area (Å²) < 4.78 is 7.06. The number of hydrogen-bond acceptors (Lipinski definition) is 4. The van der Waals surface area contributed by atoms with E-state index in [0.717, 1.165) is 41.7 Å². The third-order valence-corrected chi connectivity index (χ3v) is 5.39. The number of furan rings is 1. The van der Waals surface area contributed by atoms with Crippen LogP contribution in [0.3, 0.4) is 0 Å². The summed E-state index contributed by atoms with van der Waals surface area (Å²) in [6, 6.07) is 5.12. The van der Waals surface area contributed by atoms with Crippen molar-refractivity contribution in [2.45, 2.75) is 45.4 Å². The zero-order valence-electron chi connectivity index (χ0n) is 12.5. The van der Waals surface area contributed by atoms with Gasteiger partial charge < -0.3 is 9.73 Å². The molecular formula is C16H21BrN2OS. The maximum atomic E-state index is 5.89. The Balaban J connectivity index is 1.54. The van der Waals surface area contributed by atoms with E-state index in [4.69, 9.17) is 4.42 Å². The molecule has 0 saturated heterocycles. The van der Waals surface area contributed by atoms with Crippen LogP contribution in [0, 0.1) is 6.92 Å². The lowest BCUT2D eigenvalue weighted by molar-refractivity contribution is 0.287. The van der Waals surface area contributed by atoms with Crippen molar-refractivity contribution in [2.75, 3.05) is 7.05 Å². The van der Waals surface area contributed by atoms with Crippen LogP contribution in [0.15, 0.2) is 26.4 Å². The molecule has 0 aromatic carbocycles. The van der Waals surface area contributed by atoms with E-state index in [2.05, 4.69) is 57.6 Å². The zero-order chi connectivity index (χ0) is 14.8. The Labute approximate surface area is 138 Å². The fourth-order valence-corrected chi connectivity index (χ4v) is 3.94.